The number of amides is 5. The molecule has 2 aliphatic heterocycles. The third kappa shape index (κ3) is 9.71. The van der Waals surface area contributed by atoms with Crippen LogP contribution in [0.5, 0.6) is 11.5 Å². The maximum atomic E-state index is 14.0. The van der Waals surface area contributed by atoms with Crippen LogP contribution in [0.3, 0.4) is 0 Å². The number of ether oxygens (including phenoxy) is 2. The summed E-state index contributed by atoms with van der Waals surface area (Å²) >= 11 is 0. The van der Waals surface area contributed by atoms with E-state index < -0.39 is 47.8 Å². The van der Waals surface area contributed by atoms with Gasteiger partial charge in [0.1, 0.15) is 29.6 Å². The van der Waals surface area contributed by atoms with Gasteiger partial charge in [-0.05, 0) is 79.5 Å². The van der Waals surface area contributed by atoms with Crippen LogP contribution >= 0.6 is 0 Å². The van der Waals surface area contributed by atoms with E-state index in [1.165, 1.54) is 4.90 Å². The summed E-state index contributed by atoms with van der Waals surface area (Å²) < 4.78 is 11.0. The molecular weight excluding hydrogens is 614 g/mol. The molecule has 0 unspecified atom stereocenters. The maximum absolute atomic E-state index is 14.0. The average molecular weight is 664 g/mol. The van der Waals surface area contributed by atoms with Crippen LogP contribution in [0.1, 0.15) is 68.9 Å². The molecule has 0 saturated carbocycles. The quantitative estimate of drug-likeness (QED) is 0.355. The summed E-state index contributed by atoms with van der Waals surface area (Å²) in [5, 5.41) is 11.4. The molecule has 2 heterocycles. The molecule has 0 aromatic heterocycles. The number of fused-ring (bicyclic) bond motifs is 1. The Kier molecular flexibility index (Phi) is 12.4. The molecule has 12 nitrogen and oxygen atoms in total. The van der Waals surface area contributed by atoms with Crippen LogP contribution in [0.25, 0.3) is 0 Å². The van der Waals surface area contributed by atoms with Gasteiger partial charge in [-0.2, -0.15) is 0 Å². The summed E-state index contributed by atoms with van der Waals surface area (Å²) in [4.78, 5) is 69.8. The second kappa shape index (κ2) is 16.5. The van der Waals surface area contributed by atoms with Gasteiger partial charge >= 0.3 is 0 Å². The van der Waals surface area contributed by atoms with E-state index in [0.717, 1.165) is 29.7 Å². The Morgan fingerprint density at radius 3 is 2.29 bits per heavy atom. The van der Waals surface area contributed by atoms with E-state index in [2.05, 4.69) is 21.3 Å². The summed E-state index contributed by atoms with van der Waals surface area (Å²) in [7, 11) is 1.56. The van der Waals surface area contributed by atoms with E-state index in [4.69, 9.17) is 9.47 Å². The predicted octanol–water partition coefficient (Wildman–Crippen LogP) is 2.38. The first-order valence-corrected chi connectivity index (χ1v) is 16.7. The zero-order chi connectivity index (χ0) is 35.0. The molecule has 5 amide bonds. The van der Waals surface area contributed by atoms with E-state index in [0.29, 0.717) is 24.3 Å². The molecule has 4 N–H and O–H groups in total. The molecular formula is C36H49N5O7. The van der Waals surface area contributed by atoms with Gasteiger partial charge in [-0.25, -0.2) is 0 Å². The molecule has 260 valence electrons. The van der Waals surface area contributed by atoms with Crippen molar-refractivity contribution in [1.29, 1.82) is 0 Å². The Morgan fingerprint density at radius 1 is 0.917 bits per heavy atom. The summed E-state index contributed by atoms with van der Waals surface area (Å²) in [6.07, 6.45) is 2.06. The normalized spacial score (nSPS) is 22.7. The van der Waals surface area contributed by atoms with Crippen LogP contribution in [0.15, 0.2) is 42.5 Å². The second-order valence-electron chi connectivity index (χ2n) is 13.4. The van der Waals surface area contributed by atoms with Gasteiger partial charge in [-0.3, -0.25) is 24.0 Å². The standard InChI is InChI=1S/C36H49N5O7/c1-21(2)16-28-35(45)39-29(17-24-9-12-27(47-6)13-10-24)34(44)37-23(5)33(43)40-30(22(3)4)19-41(20-32(42)38-28)36(46)26-11-14-31-25(18-26)8-7-15-48-31/h9-14,18,21-23,28-30H,7-8,15-17,19-20H2,1-6H3,(H,37,44)(H,38,42)(H,39,45)(H,40,43)/t23-,28+,29+,30-/m1/s1. The van der Waals surface area contributed by atoms with Gasteiger partial charge in [-0.15, -0.1) is 0 Å². The van der Waals surface area contributed by atoms with Crippen molar-refractivity contribution in [3.63, 3.8) is 0 Å². The first-order valence-electron chi connectivity index (χ1n) is 16.7. The molecule has 1 fully saturated rings. The summed E-state index contributed by atoms with van der Waals surface area (Å²) in [6, 6.07) is 8.86. The lowest BCUT2D eigenvalue weighted by Gasteiger charge is -2.31. The third-order valence-electron chi connectivity index (χ3n) is 8.67. The van der Waals surface area contributed by atoms with E-state index in [1.54, 1.807) is 56.5 Å². The van der Waals surface area contributed by atoms with Crippen LogP contribution in [-0.4, -0.2) is 85.4 Å². The number of benzene rings is 2. The van der Waals surface area contributed by atoms with Gasteiger partial charge in [0, 0.05) is 24.6 Å². The van der Waals surface area contributed by atoms with E-state index in [1.807, 2.05) is 27.7 Å². The van der Waals surface area contributed by atoms with Crippen LogP contribution in [0.2, 0.25) is 0 Å². The van der Waals surface area contributed by atoms with E-state index in [9.17, 15) is 24.0 Å². The largest absolute Gasteiger partial charge is 0.497 e. The molecule has 4 rings (SSSR count). The topological polar surface area (TPSA) is 155 Å². The molecule has 2 aliphatic rings. The third-order valence-corrected chi connectivity index (χ3v) is 8.67. The number of nitrogens with one attached hydrogen (secondary N) is 4. The fourth-order valence-corrected chi connectivity index (χ4v) is 5.84. The molecule has 2 aromatic rings. The highest BCUT2D eigenvalue weighted by atomic mass is 16.5. The molecule has 0 aliphatic carbocycles. The zero-order valence-corrected chi connectivity index (χ0v) is 28.8. The highest BCUT2D eigenvalue weighted by Crippen LogP contribution is 2.26. The Bertz CT molecular complexity index is 1480. The van der Waals surface area contributed by atoms with Crippen molar-refractivity contribution < 1.29 is 33.4 Å². The molecule has 1 saturated heterocycles. The fourth-order valence-electron chi connectivity index (χ4n) is 5.84. The van der Waals surface area contributed by atoms with Crippen molar-refractivity contribution in [1.82, 2.24) is 26.2 Å². The maximum Gasteiger partial charge on any atom is 0.254 e. The Hall–Kier alpha value is -4.61. The number of carbonyl (C=O) groups excluding carboxylic acids is 5. The first kappa shape index (κ1) is 36.2. The number of hydrogen-bond acceptors (Lipinski definition) is 7. The molecule has 0 spiro atoms. The minimum Gasteiger partial charge on any atom is -0.497 e. The number of hydrogen-bond donors (Lipinski definition) is 4. The zero-order valence-electron chi connectivity index (χ0n) is 28.8. The number of carbonyl (C=O) groups is 5. The van der Waals surface area contributed by atoms with Crippen LogP contribution in [-0.2, 0) is 32.0 Å². The smallest absolute Gasteiger partial charge is 0.254 e. The summed E-state index contributed by atoms with van der Waals surface area (Å²) in [5.41, 5.74) is 2.08. The summed E-state index contributed by atoms with van der Waals surface area (Å²) in [5.74, 6) is -1.15. The Morgan fingerprint density at radius 2 is 1.62 bits per heavy atom. The monoisotopic (exact) mass is 663 g/mol. The Balaban J connectivity index is 1.67. The highest BCUT2D eigenvalue weighted by molar-refractivity contribution is 5.98. The van der Waals surface area contributed by atoms with E-state index >= 15 is 0 Å². The van der Waals surface area contributed by atoms with Crippen molar-refractivity contribution in [3.05, 3.63) is 59.2 Å². The Labute approximate surface area is 282 Å². The number of rotatable bonds is 7. The van der Waals surface area contributed by atoms with Gasteiger partial charge in [0.25, 0.3) is 5.91 Å². The predicted molar refractivity (Wildman–Crippen MR) is 181 cm³/mol. The lowest BCUT2D eigenvalue weighted by atomic mass is 10.0. The second-order valence-corrected chi connectivity index (χ2v) is 13.4. The van der Waals surface area contributed by atoms with Gasteiger partial charge in [0.05, 0.1) is 20.3 Å². The summed E-state index contributed by atoms with van der Waals surface area (Å²) in [6.45, 7) is 9.56. The van der Waals surface area contributed by atoms with Gasteiger partial charge < -0.3 is 35.6 Å². The number of methoxy groups -OCH3 is 1. The first-order chi connectivity index (χ1) is 22.8. The van der Waals surface area contributed by atoms with Gasteiger partial charge in [0.15, 0.2) is 0 Å². The molecule has 48 heavy (non-hydrogen) atoms. The van der Waals surface area contributed by atoms with Gasteiger partial charge in [0.2, 0.25) is 23.6 Å². The molecule has 2 aromatic carbocycles. The number of nitrogens with zero attached hydrogens (tertiary/aromatic N) is 1. The van der Waals surface area contributed by atoms with Crippen LogP contribution in [0.4, 0.5) is 0 Å². The van der Waals surface area contributed by atoms with Crippen molar-refractivity contribution in [2.75, 3.05) is 26.8 Å². The SMILES string of the molecule is COc1ccc(C[C@@H]2NC(=O)[C@H](CC(C)C)NC(=O)CN(C(=O)c3ccc4c(c3)CCCO4)C[C@H](C(C)C)NC(=O)[C@@H](C)NC2=O)cc1. The highest BCUT2D eigenvalue weighted by Gasteiger charge is 2.33. The van der Waals surface area contributed by atoms with Crippen molar-refractivity contribution in [2.45, 2.75) is 84.5 Å². The van der Waals surface area contributed by atoms with Gasteiger partial charge in [-0.1, -0.05) is 39.8 Å². The number of aryl methyl sites for hydroxylation is 1. The van der Waals surface area contributed by atoms with E-state index in [-0.39, 0.29) is 37.3 Å². The van der Waals surface area contributed by atoms with Crippen LogP contribution in [0, 0.1) is 11.8 Å². The molecule has 0 radical (unpaired) electrons. The van der Waals surface area contributed by atoms with Crippen molar-refractivity contribution >= 4 is 29.5 Å². The molecule has 12 heteroatoms. The van der Waals surface area contributed by atoms with Crippen molar-refractivity contribution in [3.8, 4) is 11.5 Å². The van der Waals surface area contributed by atoms with Crippen molar-refractivity contribution in [2.24, 2.45) is 11.8 Å². The lowest BCUT2D eigenvalue weighted by Crippen LogP contribution is -2.57. The minimum absolute atomic E-state index is 0.0274. The minimum atomic E-state index is -1.04. The average Bonchev–Trinajstić information content (AvgIpc) is 3.05. The lowest BCUT2D eigenvalue weighted by molar-refractivity contribution is -0.133. The van der Waals surface area contributed by atoms with Crippen LogP contribution < -0.4 is 30.7 Å². The molecule has 0 bridgehead atoms. The fraction of sp³-hybridized carbons (Fsp3) is 0.528. The molecule has 4 atom stereocenters.